The van der Waals surface area contributed by atoms with Gasteiger partial charge >= 0.3 is 0 Å². The molecule has 0 aliphatic carbocycles. The van der Waals surface area contributed by atoms with E-state index in [0.717, 1.165) is 5.75 Å². The number of para-hydroxylation sites is 1. The van der Waals surface area contributed by atoms with E-state index >= 15 is 0 Å². The highest BCUT2D eigenvalue weighted by Crippen LogP contribution is 2.24. The Balaban J connectivity index is 1.61. The minimum Gasteiger partial charge on any atom is -0.456 e. The zero-order chi connectivity index (χ0) is 13.9. The van der Waals surface area contributed by atoms with Crippen LogP contribution in [0.25, 0.3) is 0 Å². The maximum absolute atomic E-state index is 11.7. The Kier molecular flexibility index (Phi) is 3.35. The van der Waals surface area contributed by atoms with Crippen LogP contribution in [0, 0.1) is 0 Å². The van der Waals surface area contributed by atoms with Crippen molar-refractivity contribution in [3.63, 3.8) is 0 Å². The Morgan fingerprint density at radius 2 is 1.95 bits per heavy atom. The molecule has 1 fully saturated rings. The van der Waals surface area contributed by atoms with Crippen LogP contribution in [-0.4, -0.2) is 23.1 Å². The molecule has 2 heterocycles. The number of aromatic nitrogens is 1. The molecule has 1 amide bonds. The third kappa shape index (κ3) is 2.95. The second-order valence-electron chi connectivity index (χ2n) is 4.55. The summed E-state index contributed by atoms with van der Waals surface area (Å²) in [5, 5.41) is 2.69. The van der Waals surface area contributed by atoms with Gasteiger partial charge in [0.25, 0.3) is 5.91 Å². The molecule has 2 atom stereocenters. The van der Waals surface area contributed by atoms with Crippen molar-refractivity contribution in [2.45, 2.75) is 19.1 Å². The van der Waals surface area contributed by atoms with Gasteiger partial charge in [0.2, 0.25) is 0 Å². The molecule has 1 N–H and O–H groups in total. The van der Waals surface area contributed by atoms with Gasteiger partial charge in [-0.1, -0.05) is 18.2 Å². The molecule has 2 aromatic rings. The number of hydrogen-bond acceptors (Lipinski definition) is 4. The van der Waals surface area contributed by atoms with Gasteiger partial charge in [-0.25, -0.2) is 4.98 Å². The fourth-order valence-electron chi connectivity index (χ4n) is 1.80. The Labute approximate surface area is 116 Å². The Morgan fingerprint density at radius 1 is 1.20 bits per heavy atom. The summed E-state index contributed by atoms with van der Waals surface area (Å²) in [5.74, 6) is 1.68. The maximum Gasteiger partial charge on any atom is 0.257 e. The number of rotatable bonds is 4. The predicted molar refractivity (Wildman–Crippen MR) is 73.7 cm³/mol. The smallest absolute Gasteiger partial charge is 0.257 e. The van der Waals surface area contributed by atoms with E-state index in [1.807, 2.05) is 37.3 Å². The van der Waals surface area contributed by atoms with Crippen molar-refractivity contribution in [2.75, 3.05) is 5.32 Å². The van der Waals surface area contributed by atoms with E-state index < -0.39 is 0 Å². The molecule has 1 aliphatic heterocycles. The second kappa shape index (κ2) is 5.30. The van der Waals surface area contributed by atoms with E-state index in [1.54, 1.807) is 18.3 Å². The van der Waals surface area contributed by atoms with Crippen molar-refractivity contribution in [1.82, 2.24) is 4.98 Å². The van der Waals surface area contributed by atoms with Gasteiger partial charge in [0, 0.05) is 0 Å². The molecule has 5 heteroatoms. The first kappa shape index (κ1) is 12.6. The summed E-state index contributed by atoms with van der Waals surface area (Å²) in [6.07, 6.45) is 1.22. The molecule has 0 saturated carbocycles. The van der Waals surface area contributed by atoms with Crippen molar-refractivity contribution >= 4 is 11.7 Å². The van der Waals surface area contributed by atoms with Crippen LogP contribution in [-0.2, 0) is 9.53 Å². The lowest BCUT2D eigenvalue weighted by molar-refractivity contribution is -0.117. The number of carbonyl (C=O) groups excluding carboxylic acids is 1. The SMILES string of the molecule is C[C@@H]1O[C@H]1C(=O)Nc1ccc(Oc2ccccc2)cn1. The molecular formula is C15H14N2O3. The summed E-state index contributed by atoms with van der Waals surface area (Å²) in [6, 6.07) is 12.9. The van der Waals surface area contributed by atoms with E-state index in [4.69, 9.17) is 9.47 Å². The van der Waals surface area contributed by atoms with Gasteiger partial charge in [-0.3, -0.25) is 4.79 Å². The number of pyridine rings is 1. The second-order valence-corrected chi connectivity index (χ2v) is 4.55. The van der Waals surface area contributed by atoms with Crippen LogP contribution in [0.2, 0.25) is 0 Å². The quantitative estimate of drug-likeness (QED) is 0.867. The standard InChI is InChI=1S/C15H14N2O3/c1-10-14(19-10)15(18)17-13-8-7-12(9-16-13)20-11-5-3-2-4-6-11/h2-10,14H,1H3,(H,16,17,18)/t10-,14+/m0/s1. The molecule has 1 saturated heterocycles. The van der Waals surface area contributed by atoms with Crippen LogP contribution in [0.15, 0.2) is 48.7 Å². The van der Waals surface area contributed by atoms with Crippen molar-refractivity contribution in [2.24, 2.45) is 0 Å². The average Bonchev–Trinajstić information content (AvgIpc) is 3.19. The largest absolute Gasteiger partial charge is 0.456 e. The summed E-state index contributed by atoms with van der Waals surface area (Å²) >= 11 is 0. The summed E-state index contributed by atoms with van der Waals surface area (Å²) in [4.78, 5) is 15.8. The highest BCUT2D eigenvalue weighted by molar-refractivity contribution is 5.95. The Bertz CT molecular complexity index is 598. The van der Waals surface area contributed by atoms with Gasteiger partial charge in [0.1, 0.15) is 17.3 Å². The van der Waals surface area contributed by atoms with Crippen molar-refractivity contribution in [3.8, 4) is 11.5 Å². The first-order valence-corrected chi connectivity index (χ1v) is 6.37. The van der Waals surface area contributed by atoms with Crippen LogP contribution in [0.3, 0.4) is 0 Å². The van der Waals surface area contributed by atoms with E-state index in [1.165, 1.54) is 0 Å². The molecule has 1 aromatic carbocycles. The van der Waals surface area contributed by atoms with Gasteiger partial charge in [0.05, 0.1) is 12.3 Å². The zero-order valence-electron chi connectivity index (χ0n) is 10.9. The number of nitrogens with one attached hydrogen (secondary N) is 1. The third-order valence-electron chi connectivity index (χ3n) is 2.94. The van der Waals surface area contributed by atoms with Crippen LogP contribution in [0.5, 0.6) is 11.5 Å². The lowest BCUT2D eigenvalue weighted by atomic mass is 10.3. The van der Waals surface area contributed by atoms with E-state index in [9.17, 15) is 4.79 Å². The van der Waals surface area contributed by atoms with Crippen LogP contribution >= 0.6 is 0 Å². The number of hydrogen-bond donors (Lipinski definition) is 1. The minimum absolute atomic E-state index is 0.00399. The molecule has 0 unspecified atom stereocenters. The zero-order valence-corrected chi connectivity index (χ0v) is 10.9. The van der Waals surface area contributed by atoms with Gasteiger partial charge in [-0.15, -0.1) is 0 Å². The Morgan fingerprint density at radius 3 is 2.55 bits per heavy atom. The molecule has 0 radical (unpaired) electrons. The van der Waals surface area contributed by atoms with Crippen molar-refractivity contribution in [3.05, 3.63) is 48.7 Å². The predicted octanol–water partition coefficient (Wildman–Crippen LogP) is 2.60. The summed E-state index contributed by atoms with van der Waals surface area (Å²) in [5.41, 5.74) is 0. The number of anilines is 1. The number of epoxide rings is 1. The number of benzene rings is 1. The van der Waals surface area contributed by atoms with E-state index in [0.29, 0.717) is 11.6 Å². The lowest BCUT2D eigenvalue weighted by Gasteiger charge is -2.06. The summed E-state index contributed by atoms with van der Waals surface area (Å²) in [6.45, 7) is 1.86. The fraction of sp³-hybridized carbons (Fsp3) is 0.200. The van der Waals surface area contributed by atoms with E-state index in [-0.39, 0.29) is 18.1 Å². The van der Waals surface area contributed by atoms with Crippen LogP contribution < -0.4 is 10.1 Å². The number of ether oxygens (including phenoxy) is 2. The number of amides is 1. The molecule has 1 aliphatic rings. The summed E-state index contributed by atoms with van der Waals surface area (Å²) < 4.78 is 10.7. The first-order chi connectivity index (χ1) is 9.72. The summed E-state index contributed by atoms with van der Waals surface area (Å²) in [7, 11) is 0. The van der Waals surface area contributed by atoms with Crippen LogP contribution in [0.1, 0.15) is 6.92 Å². The molecule has 1 aromatic heterocycles. The molecule has 0 spiro atoms. The number of carbonyl (C=O) groups is 1. The Hall–Kier alpha value is -2.40. The number of nitrogens with zero attached hydrogens (tertiary/aromatic N) is 1. The topological polar surface area (TPSA) is 63.8 Å². The molecule has 3 rings (SSSR count). The average molecular weight is 270 g/mol. The van der Waals surface area contributed by atoms with Gasteiger partial charge in [-0.2, -0.15) is 0 Å². The molecule has 20 heavy (non-hydrogen) atoms. The lowest BCUT2D eigenvalue weighted by Crippen LogP contribution is -2.19. The third-order valence-corrected chi connectivity index (χ3v) is 2.94. The van der Waals surface area contributed by atoms with E-state index in [2.05, 4.69) is 10.3 Å². The maximum atomic E-state index is 11.7. The minimum atomic E-state index is -0.350. The molecular weight excluding hydrogens is 256 g/mol. The highest BCUT2D eigenvalue weighted by atomic mass is 16.6. The van der Waals surface area contributed by atoms with Crippen LogP contribution in [0.4, 0.5) is 5.82 Å². The molecule has 102 valence electrons. The first-order valence-electron chi connectivity index (χ1n) is 6.37. The monoisotopic (exact) mass is 270 g/mol. The highest BCUT2D eigenvalue weighted by Gasteiger charge is 2.41. The van der Waals surface area contributed by atoms with Crippen molar-refractivity contribution in [1.29, 1.82) is 0 Å². The van der Waals surface area contributed by atoms with Gasteiger partial charge in [-0.05, 0) is 31.2 Å². The molecule has 0 bridgehead atoms. The molecule has 5 nitrogen and oxygen atoms in total. The fourth-order valence-corrected chi connectivity index (χ4v) is 1.80. The van der Waals surface area contributed by atoms with Crippen molar-refractivity contribution < 1.29 is 14.3 Å². The normalized spacial score (nSPS) is 20.2. The van der Waals surface area contributed by atoms with Gasteiger partial charge in [0.15, 0.2) is 6.10 Å². The van der Waals surface area contributed by atoms with Gasteiger partial charge < -0.3 is 14.8 Å².